The molecule has 0 saturated heterocycles. The molecule has 2 rings (SSSR count). The zero-order valence-corrected chi connectivity index (χ0v) is 19.7. The normalized spacial score (nSPS) is 11.9. The average molecular weight is 435 g/mol. The van der Waals surface area contributed by atoms with E-state index < -0.39 is 0 Å². The minimum Gasteiger partial charge on any atom is -0.398 e. The Morgan fingerprint density at radius 2 is 1.69 bits per heavy atom. The van der Waals surface area contributed by atoms with E-state index in [2.05, 4.69) is 24.2 Å². The van der Waals surface area contributed by atoms with Crippen LogP contribution in [0.4, 0.5) is 11.4 Å². The van der Waals surface area contributed by atoms with Gasteiger partial charge in [0.25, 0.3) is 5.91 Å². The number of anilines is 2. The van der Waals surface area contributed by atoms with Crippen LogP contribution in [0.2, 0.25) is 0 Å². The van der Waals surface area contributed by atoms with Crippen molar-refractivity contribution in [3.05, 3.63) is 65.2 Å². The van der Waals surface area contributed by atoms with Crippen LogP contribution in [-0.2, 0) is 4.79 Å². The minimum absolute atomic E-state index is 0.0223. The number of rotatable bonds is 9. The van der Waals surface area contributed by atoms with E-state index in [1.54, 1.807) is 24.3 Å². The second kappa shape index (κ2) is 11.8. The van der Waals surface area contributed by atoms with E-state index in [1.807, 2.05) is 43.0 Å². The molecule has 0 aliphatic carbocycles. The number of amidine groups is 1. The van der Waals surface area contributed by atoms with Gasteiger partial charge in [0, 0.05) is 42.5 Å². The number of allylic oxidation sites excluding steroid dienone is 1. The Bertz CT molecular complexity index is 1000. The van der Waals surface area contributed by atoms with E-state index in [9.17, 15) is 9.59 Å². The van der Waals surface area contributed by atoms with Gasteiger partial charge >= 0.3 is 0 Å². The first-order chi connectivity index (χ1) is 15.3. The van der Waals surface area contributed by atoms with E-state index in [4.69, 9.17) is 5.73 Å². The van der Waals surface area contributed by atoms with Crippen molar-refractivity contribution in [3.8, 4) is 0 Å². The second-order valence-corrected chi connectivity index (χ2v) is 7.70. The quantitative estimate of drug-likeness (QED) is 0.318. The lowest BCUT2D eigenvalue weighted by Gasteiger charge is -2.21. The van der Waals surface area contributed by atoms with Crippen molar-refractivity contribution in [1.29, 1.82) is 0 Å². The highest BCUT2D eigenvalue weighted by atomic mass is 16.2. The molecule has 3 N–H and O–H groups in total. The SMILES string of the molecule is C/C=C(\N=C(Nc1ccc(C(=O)N(CCC)CCC)cc1)C(C)=O)c1cccc(N)c1C. The fraction of sp³-hybridized carbons (Fsp3) is 0.346. The number of amides is 1. The summed E-state index contributed by atoms with van der Waals surface area (Å²) in [5, 5.41) is 3.10. The topological polar surface area (TPSA) is 87.8 Å². The summed E-state index contributed by atoms with van der Waals surface area (Å²) in [5.41, 5.74) is 10.5. The molecule has 6 nitrogen and oxygen atoms in total. The molecule has 170 valence electrons. The third kappa shape index (κ3) is 6.30. The Morgan fingerprint density at radius 1 is 1.06 bits per heavy atom. The third-order valence-electron chi connectivity index (χ3n) is 5.16. The molecule has 2 aromatic carbocycles. The highest BCUT2D eigenvalue weighted by Gasteiger charge is 2.15. The van der Waals surface area contributed by atoms with Crippen molar-refractivity contribution in [2.24, 2.45) is 4.99 Å². The lowest BCUT2D eigenvalue weighted by molar-refractivity contribution is -0.111. The molecule has 0 atom stereocenters. The van der Waals surface area contributed by atoms with Gasteiger partial charge in [0.1, 0.15) is 0 Å². The number of carbonyl (C=O) groups excluding carboxylic acids is 2. The number of ketones is 1. The molecule has 0 saturated carbocycles. The molecule has 2 aromatic rings. The Kier molecular flexibility index (Phi) is 9.20. The summed E-state index contributed by atoms with van der Waals surface area (Å²) in [6.07, 6.45) is 3.69. The number of hydrogen-bond donors (Lipinski definition) is 2. The van der Waals surface area contributed by atoms with Crippen LogP contribution in [-0.4, -0.2) is 35.5 Å². The van der Waals surface area contributed by atoms with Gasteiger partial charge in [0.05, 0.1) is 5.70 Å². The molecule has 0 aliphatic rings. The summed E-state index contributed by atoms with van der Waals surface area (Å²) < 4.78 is 0. The predicted molar refractivity (Wildman–Crippen MR) is 134 cm³/mol. The first-order valence-electron chi connectivity index (χ1n) is 11.1. The number of nitrogens with one attached hydrogen (secondary N) is 1. The van der Waals surface area contributed by atoms with Gasteiger partial charge in [-0.05, 0) is 62.6 Å². The maximum atomic E-state index is 12.8. The molecular formula is C26H34N4O2. The molecule has 0 unspecified atom stereocenters. The molecule has 0 radical (unpaired) electrons. The zero-order chi connectivity index (χ0) is 23.7. The number of aliphatic imine (C=N–C) groups is 1. The van der Waals surface area contributed by atoms with Gasteiger partial charge in [-0.25, -0.2) is 4.99 Å². The maximum absolute atomic E-state index is 12.8. The second-order valence-electron chi connectivity index (χ2n) is 7.70. The summed E-state index contributed by atoms with van der Waals surface area (Å²) in [4.78, 5) is 31.5. The molecule has 0 bridgehead atoms. The van der Waals surface area contributed by atoms with Crippen LogP contribution in [0, 0.1) is 6.92 Å². The molecule has 32 heavy (non-hydrogen) atoms. The first-order valence-corrected chi connectivity index (χ1v) is 11.1. The van der Waals surface area contributed by atoms with Crippen molar-refractivity contribution in [2.75, 3.05) is 24.1 Å². The van der Waals surface area contributed by atoms with Gasteiger partial charge in [-0.15, -0.1) is 0 Å². The molecule has 0 aliphatic heterocycles. The van der Waals surface area contributed by atoms with Crippen LogP contribution in [0.5, 0.6) is 0 Å². The van der Waals surface area contributed by atoms with E-state index >= 15 is 0 Å². The fourth-order valence-electron chi connectivity index (χ4n) is 3.40. The van der Waals surface area contributed by atoms with Gasteiger partial charge in [-0.3, -0.25) is 9.59 Å². The van der Waals surface area contributed by atoms with Crippen molar-refractivity contribution in [1.82, 2.24) is 4.90 Å². The maximum Gasteiger partial charge on any atom is 0.253 e. The van der Waals surface area contributed by atoms with Crippen LogP contribution in [0.15, 0.2) is 53.5 Å². The van der Waals surface area contributed by atoms with Gasteiger partial charge in [-0.2, -0.15) is 0 Å². The molecule has 0 fully saturated rings. The fourth-order valence-corrected chi connectivity index (χ4v) is 3.40. The van der Waals surface area contributed by atoms with Gasteiger partial charge in [-0.1, -0.05) is 32.1 Å². The van der Waals surface area contributed by atoms with Crippen molar-refractivity contribution < 1.29 is 9.59 Å². The molecule has 1 amide bonds. The van der Waals surface area contributed by atoms with Crippen LogP contribution < -0.4 is 11.1 Å². The number of nitrogens with two attached hydrogens (primary N) is 1. The first kappa shape index (κ1) is 24.9. The summed E-state index contributed by atoms with van der Waals surface area (Å²) >= 11 is 0. The molecular weight excluding hydrogens is 400 g/mol. The van der Waals surface area contributed by atoms with E-state index in [0.29, 0.717) is 22.6 Å². The predicted octanol–water partition coefficient (Wildman–Crippen LogP) is 5.30. The summed E-state index contributed by atoms with van der Waals surface area (Å²) in [7, 11) is 0. The standard InChI is InChI=1S/C26H34N4O2/c1-6-16-30(17-7-2)26(32)20-12-14-21(15-13-20)28-25(19(5)31)29-24(8-3)22-10-9-11-23(27)18(22)4/h8-15H,6-7,16-17,27H2,1-5H3,(H,28,29)/b24-8-. The number of nitrogens with zero attached hydrogens (tertiary/aromatic N) is 2. The molecule has 6 heteroatoms. The van der Waals surface area contributed by atoms with E-state index in [-0.39, 0.29) is 17.5 Å². The smallest absolute Gasteiger partial charge is 0.253 e. The summed E-state index contributed by atoms with van der Waals surface area (Å²) in [5.74, 6) is 0.0507. The highest BCUT2D eigenvalue weighted by molar-refractivity contribution is 6.43. The lowest BCUT2D eigenvalue weighted by atomic mass is 10.0. The van der Waals surface area contributed by atoms with Crippen molar-refractivity contribution in [2.45, 2.75) is 47.5 Å². The van der Waals surface area contributed by atoms with Crippen LogP contribution >= 0.6 is 0 Å². The summed E-state index contributed by atoms with van der Waals surface area (Å²) in [6.45, 7) is 10.9. The monoisotopic (exact) mass is 434 g/mol. The highest BCUT2D eigenvalue weighted by Crippen LogP contribution is 2.24. The Morgan fingerprint density at radius 3 is 2.22 bits per heavy atom. The number of nitrogen functional groups attached to an aromatic ring is 1. The number of Topliss-reactive ketones (excluding diaryl/α,β-unsaturated/α-hetero) is 1. The van der Waals surface area contributed by atoms with E-state index in [1.165, 1.54) is 6.92 Å². The van der Waals surface area contributed by atoms with Gasteiger partial charge in [0.15, 0.2) is 11.6 Å². The zero-order valence-electron chi connectivity index (χ0n) is 19.7. The molecule has 0 spiro atoms. The van der Waals surface area contributed by atoms with Crippen molar-refractivity contribution in [3.63, 3.8) is 0 Å². The number of benzene rings is 2. The average Bonchev–Trinajstić information content (AvgIpc) is 2.78. The number of hydrogen-bond acceptors (Lipinski definition) is 4. The Balaban J connectivity index is 2.27. The summed E-state index contributed by atoms with van der Waals surface area (Å²) in [6, 6.07) is 12.8. The Labute approximate surface area is 191 Å². The minimum atomic E-state index is -0.192. The largest absolute Gasteiger partial charge is 0.398 e. The molecule has 0 heterocycles. The van der Waals surface area contributed by atoms with Crippen LogP contribution in [0.1, 0.15) is 62.0 Å². The molecule has 0 aromatic heterocycles. The van der Waals surface area contributed by atoms with Crippen LogP contribution in [0.25, 0.3) is 5.70 Å². The van der Waals surface area contributed by atoms with E-state index in [0.717, 1.165) is 37.1 Å². The van der Waals surface area contributed by atoms with Gasteiger partial charge in [0.2, 0.25) is 0 Å². The van der Waals surface area contributed by atoms with Crippen LogP contribution in [0.3, 0.4) is 0 Å². The Hall–Kier alpha value is -3.41. The van der Waals surface area contributed by atoms with Gasteiger partial charge < -0.3 is 16.0 Å². The van der Waals surface area contributed by atoms with Crippen molar-refractivity contribution >= 4 is 34.6 Å². The third-order valence-corrected chi connectivity index (χ3v) is 5.16. The lowest BCUT2D eigenvalue weighted by Crippen LogP contribution is -2.32. The number of carbonyl (C=O) groups is 2.